The van der Waals surface area contributed by atoms with E-state index in [4.69, 9.17) is 0 Å². The molecule has 2 aliphatic rings. The lowest BCUT2D eigenvalue weighted by atomic mass is 9.97. The second kappa shape index (κ2) is 7.49. The fourth-order valence-corrected chi connectivity index (χ4v) is 3.55. The molecule has 1 saturated carbocycles. The Bertz CT molecular complexity index is 564. The van der Waals surface area contributed by atoms with Crippen LogP contribution in [0, 0.1) is 0 Å². The third-order valence-electron chi connectivity index (χ3n) is 5.15. The quantitative estimate of drug-likeness (QED) is 0.846. The van der Waals surface area contributed by atoms with Crippen LogP contribution in [0.5, 0.6) is 0 Å². The molecule has 6 nitrogen and oxygen atoms in total. The minimum atomic E-state index is -0.784. The van der Waals surface area contributed by atoms with Gasteiger partial charge in [-0.25, -0.2) is 4.98 Å². The Morgan fingerprint density at radius 3 is 2.71 bits per heavy atom. The number of hydrogen-bond donors (Lipinski definition) is 2. The second-order valence-corrected chi connectivity index (χ2v) is 7.20. The molecule has 1 aliphatic heterocycles. The van der Waals surface area contributed by atoms with E-state index >= 15 is 0 Å². The van der Waals surface area contributed by atoms with Gasteiger partial charge >= 0.3 is 0 Å². The van der Waals surface area contributed by atoms with Crippen LogP contribution in [0.25, 0.3) is 0 Å². The molecule has 132 valence electrons. The third kappa shape index (κ3) is 4.45. The van der Waals surface area contributed by atoms with Gasteiger partial charge in [0.25, 0.3) is 0 Å². The number of aliphatic hydroxyl groups is 1. The van der Waals surface area contributed by atoms with E-state index < -0.39 is 5.60 Å². The van der Waals surface area contributed by atoms with Crippen molar-refractivity contribution in [1.82, 2.24) is 15.2 Å². The number of pyridine rings is 1. The molecule has 2 N–H and O–H groups in total. The summed E-state index contributed by atoms with van der Waals surface area (Å²) in [6, 6.07) is 3.99. The number of carbonyl (C=O) groups is 1. The number of hydrogen-bond acceptors (Lipinski definition) is 5. The Morgan fingerprint density at radius 2 is 2.00 bits per heavy atom. The standard InChI is InChI=1S/C18H28N4O2/c1-21-8-10-22(11-9-21)16-12-15(4-7-19-16)14-20-17(23)13-18(24)5-2-3-6-18/h4,7,12,24H,2-3,5-6,8-11,13-14H2,1H3,(H,20,23). The first kappa shape index (κ1) is 17.2. The van der Waals surface area contributed by atoms with Gasteiger partial charge in [-0.2, -0.15) is 0 Å². The number of carbonyl (C=O) groups excluding carboxylic acids is 1. The SMILES string of the molecule is CN1CCN(c2cc(CNC(=O)CC3(O)CCCC3)ccn2)CC1. The third-order valence-corrected chi connectivity index (χ3v) is 5.15. The largest absolute Gasteiger partial charge is 0.389 e. The molecule has 0 unspecified atom stereocenters. The van der Waals surface area contributed by atoms with Crippen LogP contribution in [0.15, 0.2) is 18.3 Å². The van der Waals surface area contributed by atoms with E-state index in [0.717, 1.165) is 63.2 Å². The summed E-state index contributed by atoms with van der Waals surface area (Å²) in [7, 11) is 2.13. The van der Waals surface area contributed by atoms with Crippen molar-refractivity contribution in [3.63, 3.8) is 0 Å². The predicted octanol–water partition coefficient (Wildman–Crippen LogP) is 1.14. The molecule has 1 aromatic rings. The van der Waals surface area contributed by atoms with Crippen LogP contribution in [0.3, 0.4) is 0 Å². The van der Waals surface area contributed by atoms with Gasteiger partial charge in [-0.1, -0.05) is 12.8 Å². The Hall–Kier alpha value is -1.66. The van der Waals surface area contributed by atoms with Gasteiger partial charge in [0, 0.05) is 38.9 Å². The molecule has 0 radical (unpaired) electrons. The summed E-state index contributed by atoms with van der Waals surface area (Å²) >= 11 is 0. The number of aromatic nitrogens is 1. The van der Waals surface area contributed by atoms with Crippen LogP contribution >= 0.6 is 0 Å². The molecule has 1 aromatic heterocycles. The van der Waals surface area contributed by atoms with Gasteiger partial charge in [0.2, 0.25) is 5.91 Å². The zero-order chi connectivity index (χ0) is 17.0. The number of nitrogens with one attached hydrogen (secondary N) is 1. The zero-order valence-electron chi connectivity index (χ0n) is 14.5. The highest BCUT2D eigenvalue weighted by atomic mass is 16.3. The van der Waals surface area contributed by atoms with Gasteiger partial charge in [0.15, 0.2) is 0 Å². The van der Waals surface area contributed by atoms with Crippen LogP contribution in [-0.4, -0.2) is 59.7 Å². The average molecular weight is 332 g/mol. The zero-order valence-corrected chi connectivity index (χ0v) is 14.5. The van der Waals surface area contributed by atoms with Gasteiger partial charge in [-0.05, 0) is 37.6 Å². The molecule has 2 heterocycles. The molecule has 3 rings (SSSR count). The topological polar surface area (TPSA) is 68.7 Å². The van der Waals surface area contributed by atoms with Gasteiger partial charge in [-0.3, -0.25) is 4.79 Å². The minimum Gasteiger partial charge on any atom is -0.389 e. The van der Waals surface area contributed by atoms with E-state index in [2.05, 4.69) is 33.2 Å². The first-order chi connectivity index (χ1) is 11.5. The monoisotopic (exact) mass is 332 g/mol. The highest BCUT2D eigenvalue weighted by molar-refractivity contribution is 5.77. The fraction of sp³-hybridized carbons (Fsp3) is 0.667. The van der Waals surface area contributed by atoms with E-state index in [1.54, 1.807) is 6.20 Å². The predicted molar refractivity (Wildman–Crippen MR) is 93.8 cm³/mol. The lowest BCUT2D eigenvalue weighted by Crippen LogP contribution is -2.44. The van der Waals surface area contributed by atoms with E-state index in [0.29, 0.717) is 6.54 Å². The van der Waals surface area contributed by atoms with Gasteiger partial charge in [0.1, 0.15) is 5.82 Å². The lowest BCUT2D eigenvalue weighted by Gasteiger charge is -2.33. The van der Waals surface area contributed by atoms with Crippen molar-refractivity contribution in [1.29, 1.82) is 0 Å². The van der Waals surface area contributed by atoms with Crippen molar-refractivity contribution in [2.75, 3.05) is 38.1 Å². The smallest absolute Gasteiger partial charge is 0.223 e. The van der Waals surface area contributed by atoms with E-state index in [9.17, 15) is 9.90 Å². The number of rotatable bonds is 5. The van der Waals surface area contributed by atoms with Crippen LogP contribution < -0.4 is 10.2 Å². The molecule has 0 bridgehead atoms. The number of anilines is 1. The van der Waals surface area contributed by atoms with Crippen LogP contribution in [0.1, 0.15) is 37.7 Å². The Labute approximate surface area is 143 Å². The second-order valence-electron chi connectivity index (χ2n) is 7.20. The van der Waals surface area contributed by atoms with Crippen molar-refractivity contribution >= 4 is 11.7 Å². The maximum absolute atomic E-state index is 12.1. The van der Waals surface area contributed by atoms with Crippen molar-refractivity contribution < 1.29 is 9.90 Å². The number of piperazine rings is 1. The lowest BCUT2D eigenvalue weighted by molar-refractivity contribution is -0.126. The summed E-state index contributed by atoms with van der Waals surface area (Å²) in [5, 5.41) is 13.2. The van der Waals surface area contributed by atoms with Crippen LogP contribution in [-0.2, 0) is 11.3 Å². The van der Waals surface area contributed by atoms with Gasteiger partial charge in [-0.15, -0.1) is 0 Å². The van der Waals surface area contributed by atoms with E-state index in [1.165, 1.54) is 0 Å². The molecular weight excluding hydrogens is 304 g/mol. The minimum absolute atomic E-state index is 0.0719. The van der Waals surface area contributed by atoms with E-state index in [1.807, 2.05) is 6.07 Å². The van der Waals surface area contributed by atoms with Crippen molar-refractivity contribution in [3.8, 4) is 0 Å². The molecule has 0 aromatic carbocycles. The Kier molecular flexibility index (Phi) is 5.36. The highest BCUT2D eigenvalue weighted by Crippen LogP contribution is 2.32. The van der Waals surface area contributed by atoms with Crippen molar-refractivity contribution in [3.05, 3.63) is 23.9 Å². The molecule has 2 fully saturated rings. The molecule has 0 spiro atoms. The van der Waals surface area contributed by atoms with Gasteiger partial charge < -0.3 is 20.2 Å². The first-order valence-corrected chi connectivity index (χ1v) is 8.92. The molecule has 1 aliphatic carbocycles. The summed E-state index contributed by atoms with van der Waals surface area (Å²) < 4.78 is 0. The van der Waals surface area contributed by atoms with Crippen LogP contribution in [0.4, 0.5) is 5.82 Å². The first-order valence-electron chi connectivity index (χ1n) is 8.92. The summed E-state index contributed by atoms with van der Waals surface area (Å²) in [4.78, 5) is 21.2. The van der Waals surface area contributed by atoms with Crippen LogP contribution in [0.2, 0.25) is 0 Å². The number of likely N-dealkylation sites (N-methyl/N-ethyl adjacent to an activating group) is 1. The fourth-order valence-electron chi connectivity index (χ4n) is 3.55. The molecule has 1 saturated heterocycles. The maximum atomic E-state index is 12.1. The number of amides is 1. The molecule has 0 atom stereocenters. The molecule has 6 heteroatoms. The summed E-state index contributed by atoms with van der Waals surface area (Å²) in [6.45, 7) is 4.53. The summed E-state index contributed by atoms with van der Waals surface area (Å²) in [5.74, 6) is 0.904. The highest BCUT2D eigenvalue weighted by Gasteiger charge is 2.33. The van der Waals surface area contributed by atoms with Gasteiger partial charge in [0.05, 0.1) is 12.0 Å². The maximum Gasteiger partial charge on any atom is 0.223 e. The molecule has 1 amide bonds. The average Bonchev–Trinajstić information content (AvgIpc) is 3.00. The normalized spacial score (nSPS) is 21.0. The molecule has 24 heavy (non-hydrogen) atoms. The summed E-state index contributed by atoms with van der Waals surface area (Å²) in [6.07, 6.45) is 5.53. The van der Waals surface area contributed by atoms with E-state index in [-0.39, 0.29) is 12.3 Å². The Morgan fingerprint density at radius 1 is 1.29 bits per heavy atom. The van der Waals surface area contributed by atoms with Crippen molar-refractivity contribution in [2.45, 2.75) is 44.2 Å². The summed E-state index contributed by atoms with van der Waals surface area (Å²) in [5.41, 5.74) is 0.263. The van der Waals surface area contributed by atoms with Crippen molar-refractivity contribution in [2.24, 2.45) is 0 Å². The Balaban J connectivity index is 1.52. The molecular formula is C18H28N4O2. The number of nitrogens with zero attached hydrogens (tertiary/aromatic N) is 3.